The lowest BCUT2D eigenvalue weighted by Crippen LogP contribution is -2.41. The van der Waals surface area contributed by atoms with Crippen LogP contribution in [0.5, 0.6) is 5.75 Å². The van der Waals surface area contributed by atoms with Crippen molar-refractivity contribution in [2.24, 2.45) is 0 Å². The minimum absolute atomic E-state index is 0.192. The summed E-state index contributed by atoms with van der Waals surface area (Å²) in [7, 11) is 1.57. The van der Waals surface area contributed by atoms with Crippen molar-refractivity contribution in [3.8, 4) is 11.4 Å². The van der Waals surface area contributed by atoms with Crippen molar-refractivity contribution in [2.45, 2.75) is 45.7 Å². The van der Waals surface area contributed by atoms with Crippen LogP contribution >= 0.6 is 0 Å². The number of methoxy groups -OCH3 is 1. The Morgan fingerprint density at radius 2 is 1.63 bits per heavy atom. The highest BCUT2D eigenvalue weighted by molar-refractivity contribution is 5.96. The maximum absolute atomic E-state index is 13.0. The summed E-state index contributed by atoms with van der Waals surface area (Å²) in [6.07, 6.45) is -3.90. The summed E-state index contributed by atoms with van der Waals surface area (Å²) in [6, 6.07) is 12.5. The van der Waals surface area contributed by atoms with E-state index in [1.807, 2.05) is 39.8 Å². The first-order valence-electron chi connectivity index (χ1n) is 12.1. The fraction of sp³-hybridized carbons (Fsp3) is 0.370. The van der Waals surface area contributed by atoms with Crippen molar-refractivity contribution in [3.05, 3.63) is 65.9 Å². The number of anilines is 2. The van der Waals surface area contributed by atoms with E-state index in [0.717, 1.165) is 17.8 Å². The quantitative estimate of drug-likeness (QED) is 0.369. The van der Waals surface area contributed by atoms with Gasteiger partial charge in [-0.2, -0.15) is 18.3 Å². The number of urea groups is 1. The molecular weight excluding hydrogens is 499 g/mol. The van der Waals surface area contributed by atoms with Gasteiger partial charge in [-0.25, -0.2) is 9.48 Å². The lowest BCUT2D eigenvalue weighted by Gasteiger charge is -2.22. The molecule has 0 unspecified atom stereocenters. The topological polar surface area (TPSA) is 88.5 Å². The Hall–Kier alpha value is -4.02. The molecule has 1 aromatic heterocycles. The summed E-state index contributed by atoms with van der Waals surface area (Å²) in [5.74, 6) is 0.664. The molecule has 3 rings (SSSR count). The number of carbonyl (C=O) groups is 2. The third-order valence-corrected chi connectivity index (χ3v) is 5.64. The van der Waals surface area contributed by atoms with E-state index in [9.17, 15) is 22.8 Å². The van der Waals surface area contributed by atoms with E-state index in [1.165, 1.54) is 17.0 Å². The van der Waals surface area contributed by atoms with Crippen LogP contribution in [0, 0.1) is 0 Å². The normalized spacial score (nSPS) is 11.7. The third kappa shape index (κ3) is 7.27. The van der Waals surface area contributed by atoms with Gasteiger partial charge in [0, 0.05) is 23.7 Å². The molecule has 3 aromatic rings. The van der Waals surface area contributed by atoms with Gasteiger partial charge >= 0.3 is 12.2 Å². The van der Waals surface area contributed by atoms with E-state index >= 15 is 0 Å². The molecule has 38 heavy (non-hydrogen) atoms. The summed E-state index contributed by atoms with van der Waals surface area (Å²) >= 11 is 0. The molecule has 0 saturated carbocycles. The first kappa shape index (κ1) is 28.5. The number of carbonyl (C=O) groups excluding carboxylic acids is 2. The second-order valence-corrected chi connectivity index (χ2v) is 9.75. The number of hydrogen-bond acceptors (Lipinski definition) is 4. The smallest absolute Gasteiger partial charge is 0.416 e. The molecule has 0 saturated heterocycles. The average molecular weight is 532 g/mol. The van der Waals surface area contributed by atoms with Crippen molar-refractivity contribution in [3.63, 3.8) is 0 Å². The van der Waals surface area contributed by atoms with Crippen LogP contribution in [-0.2, 0) is 16.4 Å². The van der Waals surface area contributed by atoms with E-state index in [4.69, 9.17) is 4.74 Å². The zero-order valence-electron chi connectivity index (χ0n) is 22.0. The Balaban J connectivity index is 1.77. The Labute approximate surface area is 219 Å². The molecule has 2 N–H and O–H groups in total. The molecule has 0 aliphatic heterocycles. The van der Waals surface area contributed by atoms with Gasteiger partial charge in [0.2, 0.25) is 5.91 Å². The van der Waals surface area contributed by atoms with Gasteiger partial charge in [0.25, 0.3) is 0 Å². The summed E-state index contributed by atoms with van der Waals surface area (Å²) in [5.41, 5.74) is 0.559. The molecule has 3 amide bonds. The monoisotopic (exact) mass is 531 g/mol. The van der Waals surface area contributed by atoms with Crippen LogP contribution in [0.15, 0.2) is 54.6 Å². The SMILES string of the molecule is CCCN(CC(=O)Nc1cc(C(C)(C)C)nn1-c1ccc(OC)cc1)C(=O)Nc1ccc(C(F)(F)F)cc1. The van der Waals surface area contributed by atoms with Gasteiger partial charge in [0.1, 0.15) is 18.1 Å². The van der Waals surface area contributed by atoms with Crippen LogP contribution in [-0.4, -0.2) is 46.8 Å². The summed E-state index contributed by atoms with van der Waals surface area (Å²) in [6.45, 7) is 7.88. The summed E-state index contributed by atoms with van der Waals surface area (Å²) < 4.78 is 45.3. The molecule has 0 fully saturated rings. The molecule has 204 valence electrons. The predicted molar refractivity (Wildman–Crippen MR) is 140 cm³/mol. The van der Waals surface area contributed by atoms with Gasteiger partial charge in [-0.05, 0) is 55.0 Å². The van der Waals surface area contributed by atoms with Gasteiger partial charge in [0.05, 0.1) is 24.1 Å². The highest BCUT2D eigenvalue weighted by Gasteiger charge is 2.30. The number of nitrogens with one attached hydrogen (secondary N) is 2. The van der Waals surface area contributed by atoms with E-state index in [-0.39, 0.29) is 24.2 Å². The van der Waals surface area contributed by atoms with Crippen LogP contribution < -0.4 is 15.4 Å². The molecule has 0 spiro atoms. The van der Waals surface area contributed by atoms with Crippen LogP contribution in [0.25, 0.3) is 5.69 Å². The Bertz CT molecular complexity index is 1250. The van der Waals surface area contributed by atoms with Crippen molar-refractivity contribution in [1.29, 1.82) is 0 Å². The number of alkyl halides is 3. The second kappa shape index (κ2) is 11.6. The number of hydrogen-bond donors (Lipinski definition) is 2. The number of nitrogens with zero attached hydrogens (tertiary/aromatic N) is 3. The maximum atomic E-state index is 13.0. The zero-order chi connectivity index (χ0) is 28.1. The fourth-order valence-corrected chi connectivity index (χ4v) is 3.58. The number of benzene rings is 2. The van der Waals surface area contributed by atoms with Crippen molar-refractivity contribution in [1.82, 2.24) is 14.7 Å². The fourth-order valence-electron chi connectivity index (χ4n) is 3.58. The summed E-state index contributed by atoms with van der Waals surface area (Å²) in [4.78, 5) is 27.2. The lowest BCUT2D eigenvalue weighted by molar-refractivity contribution is -0.137. The molecule has 0 atom stereocenters. The number of aromatic nitrogens is 2. The molecule has 0 radical (unpaired) electrons. The number of amides is 3. The van der Waals surface area contributed by atoms with E-state index in [2.05, 4.69) is 15.7 Å². The zero-order valence-corrected chi connectivity index (χ0v) is 22.0. The Morgan fingerprint density at radius 1 is 1.00 bits per heavy atom. The van der Waals surface area contributed by atoms with Gasteiger partial charge in [-0.1, -0.05) is 27.7 Å². The highest BCUT2D eigenvalue weighted by Crippen LogP contribution is 2.30. The maximum Gasteiger partial charge on any atom is 0.416 e. The minimum atomic E-state index is -4.47. The van der Waals surface area contributed by atoms with Crippen LogP contribution in [0.4, 0.5) is 29.5 Å². The van der Waals surface area contributed by atoms with Gasteiger partial charge in [-0.15, -0.1) is 0 Å². The van der Waals surface area contributed by atoms with Crippen molar-refractivity contribution < 1.29 is 27.5 Å². The molecule has 0 aliphatic rings. The highest BCUT2D eigenvalue weighted by atomic mass is 19.4. The summed E-state index contributed by atoms with van der Waals surface area (Å²) in [5, 5.41) is 10.1. The molecule has 0 aliphatic carbocycles. The van der Waals surface area contributed by atoms with Crippen molar-refractivity contribution in [2.75, 3.05) is 30.8 Å². The number of ether oxygens (including phenoxy) is 1. The van der Waals surface area contributed by atoms with Gasteiger partial charge in [0.15, 0.2) is 0 Å². The Kier molecular flexibility index (Phi) is 8.70. The first-order chi connectivity index (χ1) is 17.8. The molecular formula is C27H32F3N5O3. The van der Waals surface area contributed by atoms with Gasteiger partial charge in [-0.3, -0.25) is 4.79 Å². The molecule has 1 heterocycles. The van der Waals surface area contributed by atoms with Crippen LogP contribution in [0.3, 0.4) is 0 Å². The largest absolute Gasteiger partial charge is 0.497 e. The third-order valence-electron chi connectivity index (χ3n) is 5.64. The molecule has 0 bridgehead atoms. The van der Waals surface area contributed by atoms with E-state index < -0.39 is 23.7 Å². The standard InChI is InChI=1S/C27H32F3N5O3/c1-6-15-34(25(37)31-19-9-7-18(8-10-19)27(28,29)30)17-24(36)32-23-16-22(26(2,3)4)33-35(23)20-11-13-21(38-5)14-12-20/h7-14,16H,6,15,17H2,1-5H3,(H,31,37)(H,32,36). The van der Waals surface area contributed by atoms with E-state index in [0.29, 0.717) is 23.7 Å². The average Bonchev–Trinajstić information content (AvgIpc) is 3.28. The Morgan fingerprint density at radius 3 is 2.16 bits per heavy atom. The number of rotatable bonds is 8. The molecule has 2 aromatic carbocycles. The lowest BCUT2D eigenvalue weighted by atomic mass is 9.92. The van der Waals surface area contributed by atoms with Crippen molar-refractivity contribution >= 4 is 23.4 Å². The van der Waals surface area contributed by atoms with Gasteiger partial charge < -0.3 is 20.3 Å². The second-order valence-electron chi connectivity index (χ2n) is 9.75. The van der Waals surface area contributed by atoms with Crippen LogP contribution in [0.1, 0.15) is 45.4 Å². The molecule has 11 heteroatoms. The predicted octanol–water partition coefficient (Wildman–Crippen LogP) is 6.08. The molecule has 8 nitrogen and oxygen atoms in total. The minimum Gasteiger partial charge on any atom is -0.497 e. The van der Waals surface area contributed by atoms with Crippen LogP contribution in [0.2, 0.25) is 0 Å². The first-order valence-corrected chi connectivity index (χ1v) is 12.1. The number of halogens is 3. The van der Waals surface area contributed by atoms with E-state index in [1.54, 1.807) is 30.0 Å².